The molecule has 0 unspecified atom stereocenters. The number of aryl methyl sites for hydroxylation is 1. The number of hydrogen-bond donors (Lipinski definition) is 1. The van der Waals surface area contributed by atoms with E-state index in [0.717, 1.165) is 22.5 Å². The third kappa shape index (κ3) is 4.46. The normalized spacial score (nSPS) is 13.2. The molecule has 1 aromatic heterocycles. The van der Waals surface area contributed by atoms with E-state index in [9.17, 15) is 14.0 Å². The molecule has 1 amide bonds. The first-order chi connectivity index (χ1) is 14.8. The highest BCUT2D eigenvalue weighted by Gasteiger charge is 2.26. The van der Waals surface area contributed by atoms with Gasteiger partial charge in [0.2, 0.25) is 5.91 Å². The molecule has 1 aliphatic rings. The first-order valence-electron chi connectivity index (χ1n) is 9.91. The smallest absolute Gasteiger partial charge is 0.335 e. The van der Waals surface area contributed by atoms with Crippen molar-refractivity contribution in [3.8, 4) is 0 Å². The summed E-state index contributed by atoms with van der Waals surface area (Å²) in [5.74, 6) is -1.43. The number of aromatic carboxylic acids is 1. The van der Waals surface area contributed by atoms with E-state index in [1.165, 1.54) is 18.2 Å². The van der Waals surface area contributed by atoms with Gasteiger partial charge in [0.05, 0.1) is 36.5 Å². The van der Waals surface area contributed by atoms with Gasteiger partial charge in [-0.3, -0.25) is 9.48 Å². The van der Waals surface area contributed by atoms with Gasteiger partial charge in [-0.25, -0.2) is 9.18 Å². The Morgan fingerprint density at radius 3 is 2.61 bits per heavy atom. The van der Waals surface area contributed by atoms with Crippen molar-refractivity contribution in [2.75, 3.05) is 6.54 Å². The number of carbonyl (C=O) groups excluding carboxylic acids is 1. The lowest BCUT2D eigenvalue weighted by Crippen LogP contribution is -2.37. The summed E-state index contributed by atoms with van der Waals surface area (Å²) in [7, 11) is 0. The van der Waals surface area contributed by atoms with Crippen LogP contribution in [0.15, 0.2) is 42.5 Å². The minimum atomic E-state index is -0.998. The number of amides is 1. The topological polar surface area (TPSA) is 75.4 Å². The van der Waals surface area contributed by atoms with Gasteiger partial charge in [-0.1, -0.05) is 29.8 Å². The van der Waals surface area contributed by atoms with Crippen LogP contribution in [0.3, 0.4) is 0 Å². The van der Waals surface area contributed by atoms with Crippen LogP contribution in [0.25, 0.3) is 0 Å². The fraction of sp³-hybridized carbons (Fsp3) is 0.261. The Morgan fingerprint density at radius 1 is 1.19 bits per heavy atom. The van der Waals surface area contributed by atoms with E-state index >= 15 is 0 Å². The molecule has 2 heterocycles. The quantitative estimate of drug-likeness (QED) is 0.652. The van der Waals surface area contributed by atoms with Crippen molar-refractivity contribution in [1.29, 1.82) is 0 Å². The lowest BCUT2D eigenvalue weighted by atomic mass is 10.0. The lowest BCUT2D eigenvalue weighted by molar-refractivity contribution is -0.131. The lowest BCUT2D eigenvalue weighted by Gasteiger charge is -2.28. The van der Waals surface area contributed by atoms with Crippen LogP contribution < -0.4 is 0 Å². The Morgan fingerprint density at radius 2 is 1.94 bits per heavy atom. The van der Waals surface area contributed by atoms with Crippen LogP contribution in [0.1, 0.15) is 38.4 Å². The van der Waals surface area contributed by atoms with Crippen molar-refractivity contribution in [2.24, 2.45) is 0 Å². The van der Waals surface area contributed by atoms with Gasteiger partial charge >= 0.3 is 5.97 Å². The average molecular weight is 442 g/mol. The van der Waals surface area contributed by atoms with E-state index in [4.69, 9.17) is 16.7 Å². The summed E-state index contributed by atoms with van der Waals surface area (Å²) >= 11 is 5.85. The fourth-order valence-corrected chi connectivity index (χ4v) is 4.04. The Labute approximate surface area is 183 Å². The monoisotopic (exact) mass is 441 g/mol. The minimum Gasteiger partial charge on any atom is -0.478 e. The van der Waals surface area contributed by atoms with Crippen LogP contribution in [0.4, 0.5) is 4.39 Å². The van der Waals surface area contributed by atoms with Gasteiger partial charge in [-0.15, -0.1) is 0 Å². The predicted octanol–water partition coefficient (Wildman–Crippen LogP) is 3.86. The van der Waals surface area contributed by atoms with Gasteiger partial charge in [-0.2, -0.15) is 5.10 Å². The summed E-state index contributed by atoms with van der Waals surface area (Å²) < 4.78 is 16.0. The third-order valence-corrected chi connectivity index (χ3v) is 5.82. The van der Waals surface area contributed by atoms with Crippen LogP contribution in [0.2, 0.25) is 5.02 Å². The summed E-state index contributed by atoms with van der Waals surface area (Å²) in [6, 6.07) is 10.9. The maximum atomic E-state index is 14.3. The zero-order valence-electron chi connectivity index (χ0n) is 16.9. The summed E-state index contributed by atoms with van der Waals surface area (Å²) in [5.41, 5.74) is 4.33. The molecule has 6 nitrogen and oxygen atoms in total. The number of carbonyl (C=O) groups is 2. The molecule has 4 rings (SSSR count). The number of halogens is 2. The van der Waals surface area contributed by atoms with Gasteiger partial charge in [0.1, 0.15) is 5.82 Å². The van der Waals surface area contributed by atoms with E-state index < -0.39 is 5.97 Å². The maximum Gasteiger partial charge on any atom is 0.335 e. The molecule has 31 heavy (non-hydrogen) atoms. The van der Waals surface area contributed by atoms with Gasteiger partial charge in [0.15, 0.2) is 0 Å². The fourth-order valence-electron chi connectivity index (χ4n) is 3.88. The third-order valence-electron chi connectivity index (χ3n) is 5.58. The largest absolute Gasteiger partial charge is 0.478 e. The number of nitrogens with zero attached hydrogens (tertiary/aromatic N) is 3. The molecule has 0 saturated heterocycles. The number of fused-ring (bicyclic) bond motifs is 1. The number of carboxylic acids is 1. The second-order valence-electron chi connectivity index (χ2n) is 7.65. The van der Waals surface area contributed by atoms with Gasteiger partial charge in [0, 0.05) is 17.1 Å². The zero-order valence-corrected chi connectivity index (χ0v) is 17.7. The molecule has 160 valence electrons. The Kier molecular flexibility index (Phi) is 5.78. The first-order valence-corrected chi connectivity index (χ1v) is 10.3. The Bertz CT molecular complexity index is 1160. The van der Waals surface area contributed by atoms with E-state index in [-0.39, 0.29) is 30.3 Å². The van der Waals surface area contributed by atoms with Gasteiger partial charge in [-0.05, 0) is 48.7 Å². The van der Waals surface area contributed by atoms with E-state index in [2.05, 4.69) is 5.10 Å². The SMILES string of the molecule is Cc1nn(Cc2ccc(Cl)cc2F)c2c1CCN(C(=O)Cc1ccc(C(=O)O)cc1)C2. The highest BCUT2D eigenvalue weighted by atomic mass is 35.5. The summed E-state index contributed by atoms with van der Waals surface area (Å²) in [5, 5.41) is 13.9. The van der Waals surface area contributed by atoms with Gasteiger partial charge < -0.3 is 10.0 Å². The molecule has 3 aromatic rings. The maximum absolute atomic E-state index is 14.3. The average Bonchev–Trinajstić information content (AvgIpc) is 3.05. The molecule has 0 bridgehead atoms. The molecule has 0 fully saturated rings. The Hall–Kier alpha value is -3.19. The van der Waals surface area contributed by atoms with Gasteiger partial charge in [0.25, 0.3) is 0 Å². The molecular weight excluding hydrogens is 421 g/mol. The summed E-state index contributed by atoms with van der Waals surface area (Å²) in [4.78, 5) is 25.6. The molecule has 1 aliphatic heterocycles. The molecule has 0 saturated carbocycles. The van der Waals surface area contributed by atoms with Crippen LogP contribution >= 0.6 is 11.6 Å². The minimum absolute atomic E-state index is 0.0446. The van der Waals surface area contributed by atoms with Crippen molar-refractivity contribution in [2.45, 2.75) is 32.9 Å². The van der Waals surface area contributed by atoms with Crippen molar-refractivity contribution in [3.05, 3.63) is 86.9 Å². The predicted molar refractivity (Wildman–Crippen MR) is 114 cm³/mol. The zero-order chi connectivity index (χ0) is 22.1. The molecule has 8 heteroatoms. The van der Waals surface area contributed by atoms with Crippen LogP contribution in [-0.4, -0.2) is 38.2 Å². The summed E-state index contributed by atoms with van der Waals surface area (Å²) in [6.45, 7) is 3.17. The highest BCUT2D eigenvalue weighted by molar-refractivity contribution is 6.30. The summed E-state index contributed by atoms with van der Waals surface area (Å²) in [6.07, 6.45) is 0.877. The number of benzene rings is 2. The molecule has 0 radical (unpaired) electrons. The highest BCUT2D eigenvalue weighted by Crippen LogP contribution is 2.25. The van der Waals surface area contributed by atoms with Crippen molar-refractivity contribution < 1.29 is 19.1 Å². The number of rotatable bonds is 5. The molecule has 1 N–H and O–H groups in total. The molecule has 0 spiro atoms. The van der Waals surface area contributed by atoms with Crippen molar-refractivity contribution in [1.82, 2.24) is 14.7 Å². The second kappa shape index (κ2) is 8.51. The molecular formula is C23H21ClFN3O3. The van der Waals surface area contributed by atoms with Crippen molar-refractivity contribution >= 4 is 23.5 Å². The molecule has 0 aliphatic carbocycles. The number of aromatic nitrogens is 2. The first kappa shape index (κ1) is 21.1. The number of hydrogen-bond acceptors (Lipinski definition) is 3. The van der Waals surface area contributed by atoms with E-state index in [0.29, 0.717) is 30.1 Å². The van der Waals surface area contributed by atoms with E-state index in [1.54, 1.807) is 33.8 Å². The Balaban J connectivity index is 1.50. The van der Waals surface area contributed by atoms with E-state index in [1.807, 2.05) is 6.92 Å². The molecule has 0 atom stereocenters. The number of carboxylic acid groups (broad SMARTS) is 1. The van der Waals surface area contributed by atoms with Crippen LogP contribution in [0.5, 0.6) is 0 Å². The molecule has 2 aromatic carbocycles. The standard InChI is InChI=1S/C23H21ClFN3O3/c1-14-19-8-9-27(22(29)10-15-2-4-16(5-3-15)23(30)31)13-21(19)28(26-14)12-17-6-7-18(24)11-20(17)25/h2-7,11H,8-10,12-13H2,1H3,(H,30,31). The second-order valence-corrected chi connectivity index (χ2v) is 8.08. The van der Waals surface area contributed by atoms with Crippen LogP contribution in [0, 0.1) is 12.7 Å². The van der Waals surface area contributed by atoms with Crippen LogP contribution in [-0.2, 0) is 30.7 Å². The van der Waals surface area contributed by atoms with Crippen molar-refractivity contribution in [3.63, 3.8) is 0 Å².